The van der Waals surface area contributed by atoms with Crippen LogP contribution in [0.25, 0.3) is 0 Å². The Morgan fingerprint density at radius 2 is 1.86 bits per heavy atom. The van der Waals surface area contributed by atoms with Gasteiger partial charge < -0.3 is 15.0 Å². The van der Waals surface area contributed by atoms with Gasteiger partial charge >= 0.3 is 6.61 Å². The highest BCUT2D eigenvalue weighted by molar-refractivity contribution is 5.54. The van der Waals surface area contributed by atoms with E-state index in [-0.39, 0.29) is 5.75 Å². The number of ether oxygens (including phenoxy) is 1. The molecule has 3 nitrogen and oxygen atoms in total. The molecule has 0 aromatic heterocycles. The highest BCUT2D eigenvalue weighted by Crippen LogP contribution is 2.24. The van der Waals surface area contributed by atoms with Crippen molar-refractivity contribution in [2.45, 2.75) is 19.7 Å². The Morgan fingerprint density at radius 1 is 1.09 bits per heavy atom. The number of benzene rings is 2. The van der Waals surface area contributed by atoms with Gasteiger partial charge in [0.2, 0.25) is 0 Å². The second kappa shape index (κ2) is 6.75. The largest absolute Gasteiger partial charge is 0.435 e. The van der Waals surface area contributed by atoms with Crippen molar-refractivity contribution in [3.8, 4) is 5.75 Å². The molecule has 22 heavy (non-hydrogen) atoms. The molecule has 0 bridgehead atoms. The second-order valence-corrected chi connectivity index (χ2v) is 5.25. The van der Waals surface area contributed by atoms with Gasteiger partial charge in [-0.05, 0) is 29.3 Å². The molecule has 0 aliphatic carbocycles. The first-order valence-electron chi connectivity index (χ1n) is 7.30. The molecule has 1 aliphatic heterocycles. The first-order chi connectivity index (χ1) is 10.7. The average Bonchev–Trinajstić information content (AvgIpc) is 2.71. The lowest BCUT2D eigenvalue weighted by atomic mass is 10.1. The molecular formula is C17H18F2N2O. The minimum absolute atomic E-state index is 0.191. The van der Waals surface area contributed by atoms with Crippen molar-refractivity contribution in [2.24, 2.45) is 0 Å². The van der Waals surface area contributed by atoms with Crippen molar-refractivity contribution in [2.75, 3.05) is 18.0 Å². The van der Waals surface area contributed by atoms with Crippen molar-refractivity contribution in [3.63, 3.8) is 0 Å². The molecule has 0 saturated carbocycles. The van der Waals surface area contributed by atoms with Crippen LogP contribution in [-0.4, -0.2) is 19.7 Å². The number of anilines is 1. The van der Waals surface area contributed by atoms with Gasteiger partial charge in [-0.1, -0.05) is 30.3 Å². The van der Waals surface area contributed by atoms with Gasteiger partial charge in [0.05, 0.1) is 0 Å². The molecule has 0 amide bonds. The van der Waals surface area contributed by atoms with Crippen LogP contribution in [0.1, 0.15) is 11.1 Å². The normalized spacial score (nSPS) is 14.6. The fourth-order valence-corrected chi connectivity index (χ4v) is 2.69. The van der Waals surface area contributed by atoms with E-state index in [0.29, 0.717) is 0 Å². The molecular weight excluding hydrogens is 286 g/mol. The van der Waals surface area contributed by atoms with E-state index < -0.39 is 6.61 Å². The molecule has 0 radical (unpaired) electrons. The van der Waals surface area contributed by atoms with Gasteiger partial charge in [0.1, 0.15) is 5.75 Å². The lowest BCUT2D eigenvalue weighted by Gasteiger charge is -2.24. The zero-order valence-electron chi connectivity index (χ0n) is 12.1. The summed E-state index contributed by atoms with van der Waals surface area (Å²) in [5.74, 6) is 0.191. The predicted octanol–water partition coefficient (Wildman–Crippen LogP) is 3.40. The Labute approximate surface area is 128 Å². The van der Waals surface area contributed by atoms with Crippen LogP contribution in [0.15, 0.2) is 48.5 Å². The molecule has 0 spiro atoms. The van der Waals surface area contributed by atoms with Crippen molar-refractivity contribution in [3.05, 3.63) is 59.7 Å². The van der Waals surface area contributed by atoms with Crippen molar-refractivity contribution in [1.82, 2.24) is 5.32 Å². The van der Waals surface area contributed by atoms with E-state index in [1.54, 1.807) is 12.1 Å². The fourth-order valence-electron chi connectivity index (χ4n) is 2.69. The Hall–Kier alpha value is -2.14. The van der Waals surface area contributed by atoms with Gasteiger partial charge in [0.25, 0.3) is 0 Å². The summed E-state index contributed by atoms with van der Waals surface area (Å²) in [6.45, 7) is 0.657. The molecule has 3 rings (SSSR count). The minimum atomic E-state index is -2.78. The molecule has 116 valence electrons. The zero-order valence-corrected chi connectivity index (χ0v) is 12.1. The van der Waals surface area contributed by atoms with E-state index >= 15 is 0 Å². The summed E-state index contributed by atoms with van der Waals surface area (Å²) in [6.07, 6.45) is 0. The number of nitrogens with one attached hydrogen (secondary N) is 1. The third-order valence-corrected chi connectivity index (χ3v) is 3.73. The lowest BCUT2D eigenvalue weighted by molar-refractivity contribution is -0.0498. The number of hydrogen-bond acceptors (Lipinski definition) is 3. The monoisotopic (exact) mass is 304 g/mol. The third-order valence-electron chi connectivity index (χ3n) is 3.73. The quantitative estimate of drug-likeness (QED) is 0.937. The molecule has 0 fully saturated rings. The maximum absolute atomic E-state index is 12.2. The molecule has 2 aromatic carbocycles. The molecule has 1 N–H and O–H groups in total. The summed E-state index contributed by atoms with van der Waals surface area (Å²) in [4.78, 5) is 2.30. The van der Waals surface area contributed by atoms with Crippen molar-refractivity contribution < 1.29 is 13.5 Å². The number of para-hydroxylation sites is 1. The van der Waals surface area contributed by atoms with Crippen LogP contribution < -0.4 is 15.0 Å². The first kappa shape index (κ1) is 14.8. The van der Waals surface area contributed by atoms with Gasteiger partial charge in [0, 0.05) is 31.9 Å². The van der Waals surface area contributed by atoms with Crippen LogP contribution in [0.2, 0.25) is 0 Å². The fraction of sp³-hybridized carbons (Fsp3) is 0.294. The van der Waals surface area contributed by atoms with Crippen LogP contribution in [0, 0.1) is 0 Å². The maximum atomic E-state index is 12.2. The van der Waals surface area contributed by atoms with Crippen LogP contribution in [-0.2, 0) is 13.1 Å². The molecule has 1 heterocycles. The van der Waals surface area contributed by atoms with E-state index in [4.69, 9.17) is 0 Å². The molecule has 0 atom stereocenters. The van der Waals surface area contributed by atoms with Gasteiger partial charge in [-0.3, -0.25) is 0 Å². The zero-order chi connectivity index (χ0) is 15.4. The van der Waals surface area contributed by atoms with Crippen LogP contribution >= 0.6 is 0 Å². The Kier molecular flexibility index (Phi) is 4.53. The molecule has 5 heteroatoms. The number of halogens is 2. The van der Waals surface area contributed by atoms with Crippen molar-refractivity contribution >= 4 is 5.69 Å². The number of hydrogen-bond donors (Lipinski definition) is 1. The maximum Gasteiger partial charge on any atom is 0.387 e. The van der Waals surface area contributed by atoms with E-state index in [2.05, 4.69) is 27.1 Å². The highest BCUT2D eigenvalue weighted by atomic mass is 19.3. The first-order valence-corrected chi connectivity index (χ1v) is 7.30. The molecule has 2 aromatic rings. The number of nitrogens with zero attached hydrogens (tertiary/aromatic N) is 1. The number of rotatable bonds is 4. The van der Waals surface area contributed by atoms with E-state index in [9.17, 15) is 8.78 Å². The topological polar surface area (TPSA) is 24.5 Å². The van der Waals surface area contributed by atoms with E-state index in [0.717, 1.165) is 31.7 Å². The van der Waals surface area contributed by atoms with Crippen molar-refractivity contribution in [1.29, 1.82) is 0 Å². The van der Waals surface area contributed by atoms with Gasteiger partial charge in [-0.15, -0.1) is 0 Å². The summed E-state index contributed by atoms with van der Waals surface area (Å²) in [5.41, 5.74) is 3.57. The smallest absolute Gasteiger partial charge is 0.387 e. The summed E-state index contributed by atoms with van der Waals surface area (Å²) in [7, 11) is 0. The standard InChI is InChI=1S/C17H18F2N2O/c18-17(19)22-15-7-5-13(6-8-15)12-21-10-9-20-11-14-3-1-2-4-16(14)21/h1-8,17,20H,9-12H2. The second-order valence-electron chi connectivity index (χ2n) is 5.25. The predicted molar refractivity (Wildman–Crippen MR) is 82.3 cm³/mol. The molecule has 0 saturated heterocycles. The van der Waals surface area contributed by atoms with Crippen LogP contribution in [0.4, 0.5) is 14.5 Å². The Balaban J connectivity index is 1.75. The summed E-state index contributed by atoms with van der Waals surface area (Å²) < 4.78 is 28.7. The number of alkyl halides is 2. The van der Waals surface area contributed by atoms with E-state index in [1.807, 2.05) is 24.3 Å². The SMILES string of the molecule is FC(F)Oc1ccc(CN2CCNCc3ccccc32)cc1. The van der Waals surface area contributed by atoms with Crippen LogP contribution in [0.3, 0.4) is 0 Å². The third kappa shape index (κ3) is 3.54. The summed E-state index contributed by atoms with van der Waals surface area (Å²) >= 11 is 0. The summed E-state index contributed by atoms with van der Waals surface area (Å²) in [6, 6.07) is 15.2. The minimum Gasteiger partial charge on any atom is -0.435 e. The van der Waals surface area contributed by atoms with Crippen LogP contribution in [0.5, 0.6) is 5.75 Å². The Bertz CT molecular complexity index is 616. The van der Waals surface area contributed by atoms with Gasteiger partial charge in [-0.2, -0.15) is 8.78 Å². The average molecular weight is 304 g/mol. The van der Waals surface area contributed by atoms with E-state index in [1.165, 1.54) is 11.3 Å². The van der Waals surface area contributed by atoms with Gasteiger partial charge in [0.15, 0.2) is 0 Å². The lowest BCUT2D eigenvalue weighted by Crippen LogP contribution is -2.28. The van der Waals surface area contributed by atoms with Gasteiger partial charge in [-0.25, -0.2) is 0 Å². The molecule has 1 aliphatic rings. The molecule has 0 unspecified atom stereocenters. The Morgan fingerprint density at radius 3 is 2.64 bits per heavy atom. The highest BCUT2D eigenvalue weighted by Gasteiger charge is 2.14. The number of fused-ring (bicyclic) bond motifs is 1. The summed E-state index contributed by atoms with van der Waals surface area (Å²) in [5, 5.41) is 3.40.